The Bertz CT molecular complexity index is 336. The Labute approximate surface area is 124 Å². The van der Waals surface area contributed by atoms with Gasteiger partial charge in [-0.05, 0) is 49.4 Å². The molecule has 3 nitrogen and oxygen atoms in total. The molecule has 116 valence electrons. The summed E-state index contributed by atoms with van der Waals surface area (Å²) in [6, 6.07) is 0.0464. The third-order valence-corrected chi connectivity index (χ3v) is 4.66. The van der Waals surface area contributed by atoms with Crippen molar-refractivity contribution < 1.29 is 4.79 Å². The molecule has 20 heavy (non-hydrogen) atoms. The second-order valence-electron chi connectivity index (χ2n) is 7.80. The lowest BCUT2D eigenvalue weighted by atomic mass is 10.0. The molecule has 0 spiro atoms. The van der Waals surface area contributed by atoms with Crippen LogP contribution in [0.4, 0.5) is 0 Å². The van der Waals surface area contributed by atoms with Crippen LogP contribution in [-0.2, 0) is 4.79 Å². The van der Waals surface area contributed by atoms with Crippen molar-refractivity contribution in [3.05, 3.63) is 0 Å². The van der Waals surface area contributed by atoms with Gasteiger partial charge in [0.2, 0.25) is 5.91 Å². The van der Waals surface area contributed by atoms with Crippen LogP contribution in [0.15, 0.2) is 0 Å². The van der Waals surface area contributed by atoms with E-state index in [-0.39, 0.29) is 12.2 Å². The van der Waals surface area contributed by atoms with Crippen LogP contribution in [0.1, 0.15) is 60.3 Å². The van der Waals surface area contributed by atoms with E-state index in [4.69, 9.17) is 0 Å². The predicted molar refractivity (Wildman–Crippen MR) is 83.2 cm³/mol. The molecule has 0 bridgehead atoms. The maximum atomic E-state index is 12.7. The molecule has 1 heterocycles. The molecule has 0 aromatic heterocycles. The van der Waals surface area contributed by atoms with Crippen LogP contribution >= 0.6 is 0 Å². The smallest absolute Gasteiger partial charge is 0.241 e. The van der Waals surface area contributed by atoms with Crippen LogP contribution in [0.2, 0.25) is 0 Å². The van der Waals surface area contributed by atoms with E-state index in [1.54, 1.807) is 0 Å². The number of rotatable bonds is 7. The van der Waals surface area contributed by atoms with Crippen molar-refractivity contribution in [2.24, 2.45) is 23.7 Å². The van der Waals surface area contributed by atoms with E-state index in [2.05, 4.69) is 44.8 Å². The maximum Gasteiger partial charge on any atom is 0.241 e. The standard InChI is InChI=1S/C17H32N2O/c1-11(2)8-15-17(20)19(10-13(5)14-6-7-14)16(18-15)9-12(3)4/h11-16,18H,6-10H2,1-5H3. The highest BCUT2D eigenvalue weighted by Gasteiger charge is 2.41. The first-order chi connectivity index (χ1) is 9.38. The molecule has 1 N–H and O–H groups in total. The third-order valence-electron chi connectivity index (χ3n) is 4.66. The number of carbonyl (C=O) groups excluding carboxylic acids is 1. The molecule has 0 aromatic carbocycles. The summed E-state index contributed by atoms with van der Waals surface area (Å²) in [5.74, 6) is 3.06. The van der Waals surface area contributed by atoms with E-state index in [1.807, 2.05) is 0 Å². The van der Waals surface area contributed by atoms with E-state index in [9.17, 15) is 4.79 Å². The van der Waals surface area contributed by atoms with Gasteiger partial charge in [0.05, 0.1) is 12.2 Å². The first-order valence-electron chi connectivity index (χ1n) is 8.45. The fourth-order valence-electron chi connectivity index (χ4n) is 3.37. The largest absolute Gasteiger partial charge is 0.326 e. The van der Waals surface area contributed by atoms with Gasteiger partial charge in [0, 0.05) is 6.54 Å². The van der Waals surface area contributed by atoms with Crippen LogP contribution in [0.3, 0.4) is 0 Å². The van der Waals surface area contributed by atoms with Crippen molar-refractivity contribution in [1.82, 2.24) is 10.2 Å². The first kappa shape index (κ1) is 15.8. The number of nitrogens with one attached hydrogen (secondary N) is 1. The van der Waals surface area contributed by atoms with Crippen molar-refractivity contribution >= 4 is 5.91 Å². The van der Waals surface area contributed by atoms with Crippen LogP contribution in [0.5, 0.6) is 0 Å². The summed E-state index contributed by atoms with van der Waals surface area (Å²) in [6.45, 7) is 12.1. The third kappa shape index (κ3) is 3.97. The minimum absolute atomic E-state index is 0.0464. The molecular weight excluding hydrogens is 248 g/mol. The summed E-state index contributed by atoms with van der Waals surface area (Å²) in [5.41, 5.74) is 0. The summed E-state index contributed by atoms with van der Waals surface area (Å²) in [4.78, 5) is 14.8. The average Bonchev–Trinajstić information content (AvgIpc) is 3.12. The Morgan fingerprint density at radius 1 is 1.10 bits per heavy atom. The molecule has 3 heteroatoms. The second-order valence-corrected chi connectivity index (χ2v) is 7.80. The Kier molecular flexibility index (Phi) is 5.11. The molecule has 0 aromatic rings. The van der Waals surface area contributed by atoms with Crippen molar-refractivity contribution in [1.29, 1.82) is 0 Å². The number of amides is 1. The van der Waals surface area contributed by atoms with E-state index in [1.165, 1.54) is 12.8 Å². The molecule has 1 amide bonds. The number of hydrogen-bond acceptors (Lipinski definition) is 2. The van der Waals surface area contributed by atoms with Gasteiger partial charge in [-0.15, -0.1) is 0 Å². The Hall–Kier alpha value is -0.570. The fourth-order valence-corrected chi connectivity index (χ4v) is 3.37. The number of carbonyl (C=O) groups is 1. The monoisotopic (exact) mass is 280 g/mol. The zero-order chi connectivity index (χ0) is 14.9. The van der Waals surface area contributed by atoms with Crippen LogP contribution in [0, 0.1) is 23.7 Å². The van der Waals surface area contributed by atoms with Gasteiger partial charge in [-0.25, -0.2) is 0 Å². The lowest BCUT2D eigenvalue weighted by molar-refractivity contribution is -0.131. The minimum Gasteiger partial charge on any atom is -0.326 e. The predicted octanol–water partition coefficient (Wildman–Crippen LogP) is 3.25. The highest BCUT2D eigenvalue weighted by atomic mass is 16.2. The molecule has 1 saturated heterocycles. The zero-order valence-electron chi connectivity index (χ0n) is 13.9. The van der Waals surface area contributed by atoms with Gasteiger partial charge in [0.1, 0.15) is 0 Å². The lowest BCUT2D eigenvalue weighted by Gasteiger charge is -2.28. The van der Waals surface area contributed by atoms with Gasteiger partial charge in [-0.1, -0.05) is 34.6 Å². The van der Waals surface area contributed by atoms with Crippen molar-refractivity contribution in [3.8, 4) is 0 Å². The van der Waals surface area contributed by atoms with Gasteiger partial charge in [-0.2, -0.15) is 0 Å². The van der Waals surface area contributed by atoms with E-state index < -0.39 is 0 Å². The van der Waals surface area contributed by atoms with Crippen molar-refractivity contribution in [2.75, 3.05) is 6.54 Å². The molecule has 3 atom stereocenters. The van der Waals surface area contributed by atoms with Crippen LogP contribution < -0.4 is 5.32 Å². The van der Waals surface area contributed by atoms with Crippen molar-refractivity contribution in [2.45, 2.75) is 72.5 Å². The molecule has 1 aliphatic carbocycles. The summed E-state index contributed by atoms with van der Waals surface area (Å²) in [5, 5.41) is 3.59. The van der Waals surface area contributed by atoms with E-state index in [0.717, 1.165) is 25.3 Å². The Balaban J connectivity index is 2.00. The molecule has 1 saturated carbocycles. The SMILES string of the molecule is CC(C)CC1NC(CC(C)C)N(CC(C)C2CC2)C1=O. The lowest BCUT2D eigenvalue weighted by Crippen LogP contribution is -2.41. The second kappa shape index (κ2) is 6.46. The van der Waals surface area contributed by atoms with Crippen molar-refractivity contribution in [3.63, 3.8) is 0 Å². The molecule has 2 fully saturated rings. The number of nitrogens with zero attached hydrogens (tertiary/aromatic N) is 1. The molecule has 2 aliphatic rings. The summed E-state index contributed by atoms with van der Waals surface area (Å²) in [6.07, 6.45) is 5.01. The fraction of sp³-hybridized carbons (Fsp3) is 0.941. The minimum atomic E-state index is 0.0464. The molecule has 2 rings (SSSR count). The zero-order valence-corrected chi connectivity index (χ0v) is 13.9. The normalized spacial score (nSPS) is 28.8. The van der Waals surface area contributed by atoms with E-state index >= 15 is 0 Å². The van der Waals surface area contributed by atoms with Gasteiger partial charge in [-0.3, -0.25) is 10.1 Å². The van der Waals surface area contributed by atoms with Gasteiger partial charge < -0.3 is 4.90 Å². The van der Waals surface area contributed by atoms with Gasteiger partial charge in [0.25, 0.3) is 0 Å². The molecule has 3 unspecified atom stereocenters. The molecular formula is C17H32N2O. The van der Waals surface area contributed by atoms with Crippen LogP contribution in [-0.4, -0.2) is 29.6 Å². The highest BCUT2D eigenvalue weighted by Crippen LogP contribution is 2.37. The quantitative estimate of drug-likeness (QED) is 0.776. The molecule has 0 radical (unpaired) electrons. The number of hydrogen-bond donors (Lipinski definition) is 1. The topological polar surface area (TPSA) is 32.3 Å². The Morgan fingerprint density at radius 2 is 1.70 bits per heavy atom. The van der Waals surface area contributed by atoms with Gasteiger partial charge >= 0.3 is 0 Å². The van der Waals surface area contributed by atoms with E-state index in [0.29, 0.717) is 23.7 Å². The van der Waals surface area contributed by atoms with Gasteiger partial charge in [0.15, 0.2) is 0 Å². The summed E-state index contributed by atoms with van der Waals surface area (Å²) >= 11 is 0. The summed E-state index contributed by atoms with van der Waals surface area (Å²) in [7, 11) is 0. The first-order valence-corrected chi connectivity index (χ1v) is 8.45. The van der Waals surface area contributed by atoms with Crippen LogP contribution in [0.25, 0.3) is 0 Å². The summed E-state index contributed by atoms with van der Waals surface area (Å²) < 4.78 is 0. The maximum absolute atomic E-state index is 12.7. The highest BCUT2D eigenvalue weighted by molar-refractivity contribution is 5.84. The Morgan fingerprint density at radius 3 is 2.20 bits per heavy atom. The molecule has 1 aliphatic heterocycles. The average molecular weight is 280 g/mol.